The quantitative estimate of drug-likeness (QED) is 0.907. The van der Waals surface area contributed by atoms with E-state index >= 15 is 0 Å². The second-order valence-electron chi connectivity index (χ2n) is 5.85. The summed E-state index contributed by atoms with van der Waals surface area (Å²) in [5.41, 5.74) is 8.19. The minimum atomic E-state index is 0.168. The number of piperidine rings is 1. The van der Waals surface area contributed by atoms with Crippen LogP contribution in [0.4, 0.5) is 5.69 Å². The predicted molar refractivity (Wildman–Crippen MR) is 85.6 cm³/mol. The molecule has 1 aliphatic rings. The Kier molecular flexibility index (Phi) is 5.70. The van der Waals surface area contributed by atoms with Crippen LogP contribution in [0.5, 0.6) is 0 Å². The first-order valence-corrected chi connectivity index (χ1v) is 7.76. The summed E-state index contributed by atoms with van der Waals surface area (Å²) < 4.78 is 5.24. The van der Waals surface area contributed by atoms with Gasteiger partial charge in [0.15, 0.2) is 0 Å². The number of hydrogen-bond donors (Lipinski definition) is 1. The van der Waals surface area contributed by atoms with Crippen molar-refractivity contribution in [2.24, 2.45) is 11.7 Å². The average molecular weight is 297 g/mol. The lowest BCUT2D eigenvalue weighted by atomic mass is 9.97. The van der Waals surface area contributed by atoms with Crippen LogP contribution in [0.15, 0.2) is 18.2 Å². The Hall–Kier alpha value is -0.770. The molecule has 1 unspecified atom stereocenters. The monoisotopic (exact) mass is 296 g/mol. The maximum absolute atomic E-state index is 6.44. The van der Waals surface area contributed by atoms with Crippen LogP contribution in [0, 0.1) is 5.92 Å². The van der Waals surface area contributed by atoms with Gasteiger partial charge < -0.3 is 15.4 Å². The smallest absolute Gasteiger partial charge is 0.0642 e. The van der Waals surface area contributed by atoms with E-state index < -0.39 is 0 Å². The van der Waals surface area contributed by atoms with Crippen molar-refractivity contribution >= 4 is 17.3 Å². The highest BCUT2D eigenvalue weighted by Gasteiger charge is 2.20. The molecule has 2 N–H and O–H groups in total. The lowest BCUT2D eigenvalue weighted by Crippen LogP contribution is -2.35. The van der Waals surface area contributed by atoms with Crippen molar-refractivity contribution in [3.05, 3.63) is 28.8 Å². The van der Waals surface area contributed by atoms with Crippen molar-refractivity contribution in [1.29, 1.82) is 0 Å². The zero-order valence-corrected chi connectivity index (χ0v) is 13.2. The molecule has 1 aliphatic heterocycles. The van der Waals surface area contributed by atoms with E-state index in [0.717, 1.165) is 36.8 Å². The van der Waals surface area contributed by atoms with Crippen LogP contribution in [0.1, 0.15) is 25.3 Å². The Balaban J connectivity index is 1.99. The minimum absolute atomic E-state index is 0.168. The number of methoxy groups -OCH3 is 1. The highest BCUT2D eigenvalue weighted by Crippen LogP contribution is 2.30. The van der Waals surface area contributed by atoms with E-state index in [1.54, 1.807) is 7.11 Å². The van der Waals surface area contributed by atoms with E-state index in [-0.39, 0.29) is 6.04 Å². The van der Waals surface area contributed by atoms with Gasteiger partial charge in [-0.1, -0.05) is 17.7 Å². The largest absolute Gasteiger partial charge is 0.384 e. The SMILES string of the molecule is COCC1CCN(c2ccc(CC(C)N)cc2Cl)CC1. The normalized spacial score (nSPS) is 18.3. The number of rotatable bonds is 5. The molecule has 0 aliphatic carbocycles. The molecule has 3 nitrogen and oxygen atoms in total. The molecule has 2 rings (SSSR count). The maximum Gasteiger partial charge on any atom is 0.0642 e. The lowest BCUT2D eigenvalue weighted by molar-refractivity contribution is 0.139. The first-order chi connectivity index (χ1) is 9.60. The van der Waals surface area contributed by atoms with E-state index in [1.807, 2.05) is 6.92 Å². The molecule has 0 saturated carbocycles. The van der Waals surface area contributed by atoms with Gasteiger partial charge in [-0.25, -0.2) is 0 Å². The van der Waals surface area contributed by atoms with Gasteiger partial charge in [-0.15, -0.1) is 0 Å². The van der Waals surface area contributed by atoms with Crippen LogP contribution in [0.3, 0.4) is 0 Å². The van der Waals surface area contributed by atoms with Crippen molar-refractivity contribution in [3.8, 4) is 0 Å². The highest BCUT2D eigenvalue weighted by molar-refractivity contribution is 6.33. The van der Waals surface area contributed by atoms with E-state index in [0.29, 0.717) is 5.92 Å². The number of nitrogens with zero attached hydrogens (tertiary/aromatic N) is 1. The highest BCUT2D eigenvalue weighted by atomic mass is 35.5. The molecule has 0 amide bonds. The molecule has 1 aromatic rings. The van der Waals surface area contributed by atoms with Crippen LogP contribution < -0.4 is 10.6 Å². The Morgan fingerprint density at radius 1 is 1.40 bits per heavy atom. The lowest BCUT2D eigenvalue weighted by Gasteiger charge is -2.34. The number of nitrogens with two attached hydrogens (primary N) is 1. The molecule has 1 fully saturated rings. The Morgan fingerprint density at radius 2 is 2.10 bits per heavy atom. The molecule has 112 valence electrons. The maximum atomic E-state index is 6.44. The molecule has 1 saturated heterocycles. The molecule has 0 spiro atoms. The predicted octanol–water partition coefficient (Wildman–Crippen LogP) is 3.09. The third-order valence-corrected chi connectivity index (χ3v) is 4.23. The van der Waals surface area contributed by atoms with Gasteiger partial charge >= 0.3 is 0 Å². The van der Waals surface area contributed by atoms with Crippen LogP contribution >= 0.6 is 11.6 Å². The number of benzene rings is 1. The van der Waals surface area contributed by atoms with Gasteiger partial charge in [-0.2, -0.15) is 0 Å². The third-order valence-electron chi connectivity index (χ3n) is 3.93. The molecular formula is C16H25ClN2O. The zero-order chi connectivity index (χ0) is 14.5. The fourth-order valence-corrected chi connectivity index (χ4v) is 3.20. The fraction of sp³-hybridized carbons (Fsp3) is 0.625. The average Bonchev–Trinajstić information content (AvgIpc) is 2.40. The Labute approximate surface area is 127 Å². The Morgan fingerprint density at radius 3 is 2.65 bits per heavy atom. The van der Waals surface area contributed by atoms with Crippen LogP contribution in [-0.4, -0.2) is 32.8 Å². The second kappa shape index (κ2) is 7.30. The zero-order valence-electron chi connectivity index (χ0n) is 12.4. The van der Waals surface area contributed by atoms with Crippen molar-refractivity contribution in [2.75, 3.05) is 31.7 Å². The van der Waals surface area contributed by atoms with Crippen molar-refractivity contribution < 1.29 is 4.74 Å². The molecule has 1 heterocycles. The van der Waals surface area contributed by atoms with E-state index in [4.69, 9.17) is 22.1 Å². The molecule has 20 heavy (non-hydrogen) atoms. The summed E-state index contributed by atoms with van der Waals surface area (Å²) in [6, 6.07) is 6.51. The van der Waals surface area contributed by atoms with Crippen molar-refractivity contribution in [3.63, 3.8) is 0 Å². The number of halogens is 1. The van der Waals surface area contributed by atoms with Gasteiger partial charge in [0, 0.05) is 32.8 Å². The summed E-state index contributed by atoms with van der Waals surface area (Å²) in [7, 11) is 1.78. The van der Waals surface area contributed by atoms with Crippen molar-refractivity contribution in [1.82, 2.24) is 0 Å². The standard InChI is InChI=1S/C16H25ClN2O/c1-12(18)9-14-3-4-16(15(17)10-14)19-7-5-13(6-8-19)11-20-2/h3-4,10,12-13H,5-9,11,18H2,1-2H3. The minimum Gasteiger partial charge on any atom is -0.384 e. The summed E-state index contributed by atoms with van der Waals surface area (Å²) in [4.78, 5) is 2.38. The van der Waals surface area contributed by atoms with E-state index in [1.165, 1.54) is 18.4 Å². The third kappa shape index (κ3) is 4.11. The summed E-state index contributed by atoms with van der Waals surface area (Å²) in [6.45, 7) is 5.00. The van der Waals surface area contributed by atoms with Crippen LogP contribution in [-0.2, 0) is 11.2 Å². The van der Waals surface area contributed by atoms with Gasteiger partial charge in [0.2, 0.25) is 0 Å². The summed E-state index contributed by atoms with van der Waals surface area (Å²) in [5.74, 6) is 0.687. The van der Waals surface area contributed by atoms with Gasteiger partial charge in [-0.05, 0) is 49.8 Å². The van der Waals surface area contributed by atoms with Crippen LogP contribution in [0.2, 0.25) is 5.02 Å². The number of ether oxygens (including phenoxy) is 1. The molecule has 1 aromatic carbocycles. The first kappa shape index (κ1) is 15.6. The fourth-order valence-electron chi connectivity index (χ4n) is 2.88. The van der Waals surface area contributed by atoms with Gasteiger partial charge in [0.25, 0.3) is 0 Å². The summed E-state index contributed by atoms with van der Waals surface area (Å²) in [5, 5.41) is 0.841. The van der Waals surface area contributed by atoms with E-state index in [2.05, 4.69) is 23.1 Å². The molecule has 4 heteroatoms. The van der Waals surface area contributed by atoms with Gasteiger partial charge in [-0.3, -0.25) is 0 Å². The molecule has 0 aromatic heterocycles. The molecule has 0 radical (unpaired) electrons. The summed E-state index contributed by atoms with van der Waals surface area (Å²) >= 11 is 6.44. The number of anilines is 1. The molecule has 0 bridgehead atoms. The molecule has 1 atom stereocenters. The van der Waals surface area contributed by atoms with E-state index in [9.17, 15) is 0 Å². The first-order valence-electron chi connectivity index (χ1n) is 7.38. The topological polar surface area (TPSA) is 38.5 Å². The van der Waals surface area contributed by atoms with Gasteiger partial charge in [0.1, 0.15) is 0 Å². The van der Waals surface area contributed by atoms with Crippen molar-refractivity contribution in [2.45, 2.75) is 32.2 Å². The Bertz CT molecular complexity index is 428. The van der Waals surface area contributed by atoms with Gasteiger partial charge in [0.05, 0.1) is 10.7 Å². The van der Waals surface area contributed by atoms with Crippen LogP contribution in [0.25, 0.3) is 0 Å². The number of hydrogen-bond acceptors (Lipinski definition) is 3. The molecular weight excluding hydrogens is 272 g/mol. The summed E-state index contributed by atoms with van der Waals surface area (Å²) in [6.07, 6.45) is 3.22. The second-order valence-corrected chi connectivity index (χ2v) is 6.26.